The molecule has 0 saturated heterocycles. The molecule has 0 spiro atoms. The van der Waals surface area contributed by atoms with Crippen molar-refractivity contribution in [1.29, 1.82) is 0 Å². The van der Waals surface area contributed by atoms with Crippen LogP contribution in [0.4, 0.5) is 0 Å². The molecule has 0 radical (unpaired) electrons. The maximum Gasteiger partial charge on any atom is 0.337 e. The predicted molar refractivity (Wildman–Crippen MR) is 75.7 cm³/mol. The molecule has 3 aromatic carbocycles. The summed E-state index contributed by atoms with van der Waals surface area (Å²) in [5.74, 6) is -1.16. The van der Waals surface area contributed by atoms with E-state index in [1.54, 1.807) is 42.5 Å². The number of carboxylic acids is 1. The monoisotopic (exact) mass is 268 g/mol. The van der Waals surface area contributed by atoms with Crippen LogP contribution in [-0.4, -0.2) is 21.3 Å². The normalized spacial score (nSPS) is 12.7. The second-order valence-corrected chi connectivity index (χ2v) is 4.62. The summed E-state index contributed by atoms with van der Waals surface area (Å²) in [5, 5.41) is 31.6. The summed E-state index contributed by atoms with van der Waals surface area (Å²) in [6.07, 6.45) is -1.58. The fraction of sp³-hybridized carbons (Fsp3) is 0.0625. The van der Waals surface area contributed by atoms with Gasteiger partial charge in [0.15, 0.2) is 6.10 Å². The van der Waals surface area contributed by atoms with Gasteiger partial charge in [-0.15, -0.1) is 0 Å². The number of phenolic OH excluding ortho intramolecular Hbond substituents is 1. The Labute approximate surface area is 114 Å². The number of fused-ring (bicyclic) bond motifs is 3. The first-order valence-electron chi connectivity index (χ1n) is 6.14. The molecule has 3 rings (SSSR count). The summed E-state index contributed by atoms with van der Waals surface area (Å²) in [7, 11) is 0. The maximum atomic E-state index is 11.0. The molecule has 20 heavy (non-hydrogen) atoms. The van der Waals surface area contributed by atoms with Crippen molar-refractivity contribution in [1.82, 2.24) is 0 Å². The second-order valence-electron chi connectivity index (χ2n) is 4.62. The van der Waals surface area contributed by atoms with E-state index in [0.717, 1.165) is 10.8 Å². The molecule has 0 saturated carbocycles. The van der Waals surface area contributed by atoms with E-state index in [2.05, 4.69) is 0 Å². The summed E-state index contributed by atoms with van der Waals surface area (Å²) in [6.45, 7) is 0. The van der Waals surface area contributed by atoms with Crippen LogP contribution in [-0.2, 0) is 4.79 Å². The molecule has 0 heterocycles. The number of rotatable bonds is 2. The highest BCUT2D eigenvalue weighted by Crippen LogP contribution is 2.35. The molecule has 0 aliphatic rings. The summed E-state index contributed by atoms with van der Waals surface area (Å²) >= 11 is 0. The van der Waals surface area contributed by atoms with Crippen LogP contribution in [0.5, 0.6) is 5.75 Å². The molecule has 100 valence electrons. The molecule has 0 aromatic heterocycles. The molecule has 1 atom stereocenters. The summed E-state index contributed by atoms with van der Waals surface area (Å²) in [5.41, 5.74) is 0.320. The third-order valence-corrected chi connectivity index (χ3v) is 3.44. The Hall–Kier alpha value is -2.59. The molecule has 0 aliphatic heterocycles. The SMILES string of the molecule is O=C(O)C(O)c1cccc2c1ccc1cccc(O)c12. The average Bonchev–Trinajstić information content (AvgIpc) is 2.45. The third kappa shape index (κ3) is 1.78. The van der Waals surface area contributed by atoms with Crippen LogP contribution in [0.2, 0.25) is 0 Å². The lowest BCUT2D eigenvalue weighted by atomic mass is 9.95. The molecule has 0 bridgehead atoms. The van der Waals surface area contributed by atoms with Crippen molar-refractivity contribution in [2.24, 2.45) is 0 Å². The number of benzene rings is 3. The molecule has 1 unspecified atom stereocenters. The molecule has 0 aliphatic carbocycles. The Morgan fingerprint density at radius 1 is 0.950 bits per heavy atom. The van der Waals surface area contributed by atoms with E-state index < -0.39 is 12.1 Å². The van der Waals surface area contributed by atoms with Gasteiger partial charge in [0, 0.05) is 5.39 Å². The smallest absolute Gasteiger partial charge is 0.337 e. The minimum absolute atomic E-state index is 0.134. The number of phenols is 1. The van der Waals surface area contributed by atoms with Gasteiger partial charge in [0.1, 0.15) is 5.75 Å². The molecule has 4 nitrogen and oxygen atoms in total. The lowest BCUT2D eigenvalue weighted by Gasteiger charge is -2.12. The molecule has 3 N–H and O–H groups in total. The molecule has 4 heteroatoms. The average molecular weight is 268 g/mol. The van der Waals surface area contributed by atoms with Crippen LogP contribution < -0.4 is 0 Å². The molecular weight excluding hydrogens is 256 g/mol. The van der Waals surface area contributed by atoms with Crippen molar-refractivity contribution < 1.29 is 20.1 Å². The Balaban J connectivity index is 2.43. The predicted octanol–water partition coefficient (Wildman–Crippen LogP) is 2.82. The van der Waals surface area contributed by atoms with Crippen molar-refractivity contribution >= 4 is 27.5 Å². The van der Waals surface area contributed by atoms with E-state index in [-0.39, 0.29) is 5.75 Å². The van der Waals surface area contributed by atoms with Crippen LogP contribution in [0.1, 0.15) is 11.7 Å². The number of aliphatic hydroxyl groups excluding tert-OH is 1. The lowest BCUT2D eigenvalue weighted by molar-refractivity contribution is -0.146. The Bertz CT molecular complexity index is 823. The van der Waals surface area contributed by atoms with Gasteiger partial charge in [0.05, 0.1) is 0 Å². The van der Waals surface area contributed by atoms with Crippen molar-refractivity contribution in [2.75, 3.05) is 0 Å². The first kappa shape index (κ1) is 12.4. The zero-order valence-corrected chi connectivity index (χ0v) is 10.4. The number of aromatic hydroxyl groups is 1. The van der Waals surface area contributed by atoms with E-state index in [9.17, 15) is 15.0 Å². The van der Waals surface area contributed by atoms with Gasteiger partial charge >= 0.3 is 5.97 Å². The van der Waals surface area contributed by atoms with Gasteiger partial charge in [0.2, 0.25) is 0 Å². The quantitative estimate of drug-likeness (QED) is 0.624. The number of carbonyl (C=O) groups is 1. The molecular formula is C16H12O4. The van der Waals surface area contributed by atoms with Gasteiger partial charge in [-0.3, -0.25) is 0 Å². The maximum absolute atomic E-state index is 11.0. The fourth-order valence-corrected chi connectivity index (χ4v) is 2.52. The van der Waals surface area contributed by atoms with Gasteiger partial charge in [-0.2, -0.15) is 0 Å². The molecule has 0 fully saturated rings. The minimum Gasteiger partial charge on any atom is -0.507 e. The van der Waals surface area contributed by atoms with Crippen molar-refractivity contribution in [3.63, 3.8) is 0 Å². The van der Waals surface area contributed by atoms with Crippen LogP contribution in [0, 0.1) is 0 Å². The van der Waals surface area contributed by atoms with Gasteiger partial charge < -0.3 is 15.3 Å². The van der Waals surface area contributed by atoms with Gasteiger partial charge in [-0.25, -0.2) is 4.79 Å². The van der Waals surface area contributed by atoms with E-state index in [0.29, 0.717) is 16.3 Å². The summed E-state index contributed by atoms with van der Waals surface area (Å²) < 4.78 is 0. The van der Waals surface area contributed by atoms with Crippen molar-refractivity contribution in [3.05, 3.63) is 54.1 Å². The number of aliphatic carboxylic acids is 1. The standard InChI is InChI=1S/C16H12O4/c17-13-6-1-3-9-7-8-10-11(14(9)13)4-2-5-12(10)15(18)16(19)20/h1-8,15,17-18H,(H,19,20). The fourth-order valence-electron chi connectivity index (χ4n) is 2.52. The lowest BCUT2D eigenvalue weighted by Crippen LogP contribution is -2.10. The summed E-state index contributed by atoms with van der Waals surface area (Å²) in [4.78, 5) is 11.0. The van der Waals surface area contributed by atoms with E-state index >= 15 is 0 Å². The van der Waals surface area contributed by atoms with Crippen molar-refractivity contribution in [2.45, 2.75) is 6.10 Å². The zero-order valence-electron chi connectivity index (χ0n) is 10.4. The van der Waals surface area contributed by atoms with Gasteiger partial charge in [0.25, 0.3) is 0 Å². The minimum atomic E-state index is -1.58. The number of carboxylic acid groups (broad SMARTS) is 1. The highest BCUT2D eigenvalue weighted by molar-refractivity contribution is 6.11. The van der Waals surface area contributed by atoms with Crippen molar-refractivity contribution in [3.8, 4) is 5.75 Å². The molecule has 0 amide bonds. The van der Waals surface area contributed by atoms with Gasteiger partial charge in [-0.05, 0) is 27.8 Å². The van der Waals surface area contributed by atoms with E-state index in [1.807, 2.05) is 6.07 Å². The third-order valence-electron chi connectivity index (χ3n) is 3.44. The van der Waals surface area contributed by atoms with Crippen LogP contribution in [0.3, 0.4) is 0 Å². The highest BCUT2D eigenvalue weighted by Gasteiger charge is 2.19. The van der Waals surface area contributed by atoms with Crippen LogP contribution >= 0.6 is 0 Å². The number of hydrogen-bond donors (Lipinski definition) is 3. The topological polar surface area (TPSA) is 77.8 Å². The Morgan fingerprint density at radius 2 is 1.70 bits per heavy atom. The first-order valence-corrected chi connectivity index (χ1v) is 6.14. The van der Waals surface area contributed by atoms with Gasteiger partial charge in [-0.1, -0.05) is 42.5 Å². The van der Waals surface area contributed by atoms with E-state index in [1.165, 1.54) is 0 Å². The zero-order chi connectivity index (χ0) is 14.3. The number of hydrogen-bond acceptors (Lipinski definition) is 3. The molecule has 3 aromatic rings. The first-order chi connectivity index (χ1) is 9.59. The second kappa shape index (κ2) is 4.51. The van der Waals surface area contributed by atoms with Crippen LogP contribution in [0.15, 0.2) is 48.5 Å². The van der Waals surface area contributed by atoms with Crippen LogP contribution in [0.25, 0.3) is 21.5 Å². The largest absolute Gasteiger partial charge is 0.507 e. The highest BCUT2D eigenvalue weighted by atomic mass is 16.4. The Morgan fingerprint density at radius 3 is 2.45 bits per heavy atom. The summed E-state index contributed by atoms with van der Waals surface area (Å²) in [6, 6.07) is 13.8. The Kier molecular flexibility index (Phi) is 2.80. The van der Waals surface area contributed by atoms with E-state index in [4.69, 9.17) is 5.11 Å². The number of aliphatic hydroxyl groups is 1.